The predicted octanol–water partition coefficient (Wildman–Crippen LogP) is 1.04. The molecule has 1 aromatic rings. The second-order valence-corrected chi connectivity index (χ2v) is 3.38. The molecule has 1 amide bonds. The van der Waals surface area contributed by atoms with Gasteiger partial charge in [-0.1, -0.05) is 0 Å². The Hall–Kier alpha value is -2.11. The van der Waals surface area contributed by atoms with Crippen molar-refractivity contribution in [1.82, 2.24) is 5.32 Å². The Bertz CT molecular complexity index is 447. The summed E-state index contributed by atoms with van der Waals surface area (Å²) in [5.74, 6) is -2.47. The Morgan fingerprint density at radius 3 is 2.59 bits per heavy atom. The molecule has 0 saturated carbocycles. The summed E-state index contributed by atoms with van der Waals surface area (Å²) in [6.45, 7) is 1.32. The number of aliphatic carboxylic acids is 1. The minimum absolute atomic E-state index is 0.0211. The number of hydrogen-bond acceptors (Lipinski definition) is 3. The normalized spacial score (nSPS) is 11.7. The summed E-state index contributed by atoms with van der Waals surface area (Å²) >= 11 is 0. The Kier molecular flexibility index (Phi) is 4.03. The van der Waals surface area contributed by atoms with E-state index in [9.17, 15) is 14.0 Å². The summed E-state index contributed by atoms with van der Waals surface area (Å²) in [7, 11) is 1.31. The first-order valence-corrected chi connectivity index (χ1v) is 4.83. The molecule has 92 valence electrons. The minimum atomic E-state index is -1.16. The molecule has 1 aromatic carbocycles. The van der Waals surface area contributed by atoms with Crippen LogP contribution in [0.1, 0.15) is 17.3 Å². The van der Waals surface area contributed by atoms with Gasteiger partial charge < -0.3 is 15.2 Å². The van der Waals surface area contributed by atoms with E-state index >= 15 is 0 Å². The Morgan fingerprint density at radius 1 is 1.47 bits per heavy atom. The number of methoxy groups -OCH3 is 1. The molecule has 0 aliphatic heterocycles. The average molecular weight is 241 g/mol. The van der Waals surface area contributed by atoms with Crippen LogP contribution in [0.5, 0.6) is 5.75 Å². The third-order valence-electron chi connectivity index (χ3n) is 2.13. The monoisotopic (exact) mass is 241 g/mol. The summed E-state index contributed by atoms with van der Waals surface area (Å²) in [5.41, 5.74) is 0.0383. The van der Waals surface area contributed by atoms with Crippen molar-refractivity contribution in [2.75, 3.05) is 7.11 Å². The smallest absolute Gasteiger partial charge is 0.325 e. The van der Waals surface area contributed by atoms with E-state index in [0.29, 0.717) is 0 Å². The Morgan fingerprint density at radius 2 is 2.12 bits per heavy atom. The fraction of sp³-hybridized carbons (Fsp3) is 0.273. The van der Waals surface area contributed by atoms with Gasteiger partial charge in [-0.3, -0.25) is 9.59 Å². The van der Waals surface area contributed by atoms with E-state index in [1.54, 1.807) is 0 Å². The maximum absolute atomic E-state index is 13.3. The first-order chi connectivity index (χ1) is 7.95. The second kappa shape index (κ2) is 5.29. The summed E-state index contributed by atoms with van der Waals surface area (Å²) < 4.78 is 18.0. The zero-order valence-corrected chi connectivity index (χ0v) is 9.36. The molecule has 0 aliphatic carbocycles. The van der Waals surface area contributed by atoms with Crippen LogP contribution in [0.25, 0.3) is 0 Å². The molecule has 2 N–H and O–H groups in total. The highest BCUT2D eigenvalue weighted by molar-refractivity contribution is 5.96. The van der Waals surface area contributed by atoms with Gasteiger partial charge in [0.2, 0.25) is 0 Å². The molecule has 0 fully saturated rings. The third kappa shape index (κ3) is 3.17. The molecule has 0 aromatic heterocycles. The van der Waals surface area contributed by atoms with Crippen molar-refractivity contribution in [3.63, 3.8) is 0 Å². The molecule has 0 bridgehead atoms. The fourth-order valence-electron chi connectivity index (χ4n) is 1.15. The van der Waals surface area contributed by atoms with Crippen LogP contribution in [0, 0.1) is 5.82 Å². The first-order valence-electron chi connectivity index (χ1n) is 4.83. The van der Waals surface area contributed by atoms with E-state index < -0.39 is 23.7 Å². The summed E-state index contributed by atoms with van der Waals surface area (Å²) in [4.78, 5) is 22.1. The summed E-state index contributed by atoms with van der Waals surface area (Å²) in [5, 5.41) is 10.8. The average Bonchev–Trinajstić information content (AvgIpc) is 2.28. The van der Waals surface area contributed by atoms with Crippen LogP contribution < -0.4 is 10.1 Å². The number of amides is 1. The van der Waals surface area contributed by atoms with Crippen molar-refractivity contribution >= 4 is 11.9 Å². The van der Waals surface area contributed by atoms with Gasteiger partial charge in [0.15, 0.2) is 11.6 Å². The van der Waals surface area contributed by atoms with Crippen LogP contribution in [0.15, 0.2) is 18.2 Å². The van der Waals surface area contributed by atoms with Crippen LogP contribution in [-0.2, 0) is 4.79 Å². The van der Waals surface area contributed by atoms with Gasteiger partial charge in [-0.15, -0.1) is 0 Å². The molecule has 0 aliphatic rings. The van der Waals surface area contributed by atoms with Crippen molar-refractivity contribution in [2.24, 2.45) is 0 Å². The van der Waals surface area contributed by atoms with Crippen LogP contribution in [0.3, 0.4) is 0 Å². The van der Waals surface area contributed by atoms with Gasteiger partial charge in [-0.05, 0) is 25.1 Å². The molecule has 0 heterocycles. The minimum Gasteiger partial charge on any atom is -0.494 e. The lowest BCUT2D eigenvalue weighted by Gasteiger charge is -2.09. The van der Waals surface area contributed by atoms with E-state index in [4.69, 9.17) is 9.84 Å². The molecule has 0 radical (unpaired) electrons. The fourth-order valence-corrected chi connectivity index (χ4v) is 1.15. The highest BCUT2D eigenvalue weighted by Crippen LogP contribution is 2.17. The number of carbonyl (C=O) groups is 2. The Labute approximate surface area is 97.2 Å². The van der Waals surface area contributed by atoms with Crippen molar-refractivity contribution in [3.8, 4) is 5.75 Å². The van der Waals surface area contributed by atoms with Gasteiger partial charge in [0, 0.05) is 5.56 Å². The molecule has 0 saturated heterocycles. The number of carboxylic acids is 1. The van der Waals surface area contributed by atoms with Crippen LogP contribution in [-0.4, -0.2) is 30.1 Å². The van der Waals surface area contributed by atoms with Crippen LogP contribution in [0.2, 0.25) is 0 Å². The number of rotatable bonds is 4. The van der Waals surface area contributed by atoms with E-state index in [-0.39, 0.29) is 11.3 Å². The second-order valence-electron chi connectivity index (χ2n) is 3.38. The van der Waals surface area contributed by atoms with Gasteiger partial charge >= 0.3 is 5.97 Å². The van der Waals surface area contributed by atoms with Gasteiger partial charge in [-0.25, -0.2) is 4.39 Å². The van der Waals surface area contributed by atoms with Crippen molar-refractivity contribution in [2.45, 2.75) is 13.0 Å². The van der Waals surface area contributed by atoms with E-state index in [1.807, 2.05) is 0 Å². The van der Waals surface area contributed by atoms with Gasteiger partial charge in [0.05, 0.1) is 7.11 Å². The van der Waals surface area contributed by atoms with E-state index in [0.717, 1.165) is 6.07 Å². The van der Waals surface area contributed by atoms with E-state index in [2.05, 4.69) is 5.32 Å². The molecule has 1 rings (SSSR count). The predicted molar refractivity (Wildman–Crippen MR) is 57.5 cm³/mol. The molecule has 0 unspecified atom stereocenters. The molecular formula is C11H12FNO4. The highest BCUT2D eigenvalue weighted by atomic mass is 19.1. The number of halogens is 1. The van der Waals surface area contributed by atoms with Gasteiger partial charge in [0.25, 0.3) is 5.91 Å². The summed E-state index contributed by atoms with van der Waals surface area (Å²) in [6, 6.07) is 2.61. The van der Waals surface area contributed by atoms with E-state index in [1.165, 1.54) is 26.2 Å². The van der Waals surface area contributed by atoms with Crippen LogP contribution in [0.4, 0.5) is 4.39 Å². The SMILES string of the molecule is COc1ccc(C(=O)N[C@H](C)C(=O)O)cc1F. The number of nitrogens with one attached hydrogen (secondary N) is 1. The Balaban J connectivity index is 2.83. The van der Waals surface area contributed by atoms with Crippen molar-refractivity contribution in [1.29, 1.82) is 0 Å². The molecule has 5 nitrogen and oxygen atoms in total. The number of benzene rings is 1. The number of carbonyl (C=O) groups excluding carboxylic acids is 1. The number of hydrogen-bond donors (Lipinski definition) is 2. The number of carboxylic acid groups (broad SMARTS) is 1. The van der Waals surface area contributed by atoms with Gasteiger partial charge in [0.1, 0.15) is 6.04 Å². The zero-order valence-electron chi connectivity index (χ0n) is 9.36. The largest absolute Gasteiger partial charge is 0.494 e. The maximum Gasteiger partial charge on any atom is 0.325 e. The topological polar surface area (TPSA) is 75.6 Å². The lowest BCUT2D eigenvalue weighted by Crippen LogP contribution is -2.38. The molecule has 6 heteroatoms. The summed E-state index contributed by atoms with van der Waals surface area (Å²) in [6.07, 6.45) is 0. The standard InChI is InChI=1S/C11H12FNO4/c1-6(11(15)16)13-10(14)7-3-4-9(17-2)8(12)5-7/h3-6H,1-2H3,(H,13,14)(H,15,16)/t6-/m1/s1. The van der Waals surface area contributed by atoms with Crippen LogP contribution >= 0.6 is 0 Å². The highest BCUT2D eigenvalue weighted by Gasteiger charge is 2.16. The number of ether oxygens (including phenoxy) is 1. The lowest BCUT2D eigenvalue weighted by molar-refractivity contribution is -0.138. The molecule has 1 atom stereocenters. The first kappa shape index (κ1) is 13.0. The van der Waals surface area contributed by atoms with Gasteiger partial charge in [-0.2, -0.15) is 0 Å². The van der Waals surface area contributed by atoms with Crippen molar-refractivity contribution < 1.29 is 23.8 Å². The molecular weight excluding hydrogens is 229 g/mol. The maximum atomic E-state index is 13.3. The third-order valence-corrected chi connectivity index (χ3v) is 2.13. The molecule has 0 spiro atoms. The lowest BCUT2D eigenvalue weighted by atomic mass is 10.2. The molecule has 17 heavy (non-hydrogen) atoms. The van der Waals surface area contributed by atoms with Crippen molar-refractivity contribution in [3.05, 3.63) is 29.6 Å². The zero-order chi connectivity index (χ0) is 13.0. The quantitative estimate of drug-likeness (QED) is 0.825.